The maximum absolute atomic E-state index is 12.2. The van der Waals surface area contributed by atoms with Crippen LogP contribution in [-0.2, 0) is 0 Å². The van der Waals surface area contributed by atoms with Gasteiger partial charge in [-0.15, -0.1) is 0 Å². The molecule has 0 aliphatic heterocycles. The van der Waals surface area contributed by atoms with Gasteiger partial charge in [-0.25, -0.2) is 4.79 Å². The molecular weight excluding hydrogens is 274 g/mol. The standard InChI is InChI=1S/C15H16ClN3O/c1-10-3-6-12(7-4-10)18-15(20)19(2)14-9-11(16)5-8-13(14)17/h3-9H,17H2,1-2H3,(H,18,20). The van der Waals surface area contributed by atoms with Gasteiger partial charge in [0.1, 0.15) is 0 Å². The lowest BCUT2D eigenvalue weighted by atomic mass is 10.2. The lowest BCUT2D eigenvalue weighted by Crippen LogP contribution is -2.31. The molecule has 0 aromatic heterocycles. The Balaban J connectivity index is 2.16. The summed E-state index contributed by atoms with van der Waals surface area (Å²) in [5.41, 5.74) is 8.79. The van der Waals surface area contributed by atoms with Crippen molar-refractivity contribution < 1.29 is 4.79 Å². The lowest BCUT2D eigenvalue weighted by molar-refractivity contribution is 0.258. The van der Waals surface area contributed by atoms with E-state index in [4.69, 9.17) is 17.3 Å². The van der Waals surface area contributed by atoms with E-state index in [9.17, 15) is 4.79 Å². The summed E-state index contributed by atoms with van der Waals surface area (Å²) in [5, 5.41) is 3.33. The van der Waals surface area contributed by atoms with Gasteiger partial charge in [-0.1, -0.05) is 29.3 Å². The first-order chi connectivity index (χ1) is 9.47. The molecule has 104 valence electrons. The molecule has 2 rings (SSSR count). The first-order valence-corrected chi connectivity index (χ1v) is 6.51. The Bertz CT molecular complexity index is 626. The molecule has 20 heavy (non-hydrogen) atoms. The number of nitrogens with zero attached hydrogens (tertiary/aromatic N) is 1. The number of carbonyl (C=O) groups is 1. The molecule has 0 heterocycles. The molecular formula is C15H16ClN3O. The summed E-state index contributed by atoms with van der Waals surface area (Å²) in [7, 11) is 1.64. The van der Waals surface area contributed by atoms with Crippen molar-refractivity contribution in [1.82, 2.24) is 0 Å². The van der Waals surface area contributed by atoms with Crippen LogP contribution in [-0.4, -0.2) is 13.1 Å². The van der Waals surface area contributed by atoms with Crippen molar-refractivity contribution >= 4 is 34.7 Å². The second-order valence-corrected chi connectivity index (χ2v) is 4.99. The van der Waals surface area contributed by atoms with Crippen LogP contribution in [0.25, 0.3) is 0 Å². The molecule has 5 heteroatoms. The molecule has 0 spiro atoms. The zero-order valence-corrected chi connectivity index (χ0v) is 12.1. The molecule has 0 radical (unpaired) electrons. The van der Waals surface area contributed by atoms with Crippen molar-refractivity contribution in [2.75, 3.05) is 23.0 Å². The minimum atomic E-state index is -0.275. The fraction of sp³-hybridized carbons (Fsp3) is 0.133. The third-order valence-corrected chi connectivity index (χ3v) is 3.20. The van der Waals surface area contributed by atoms with Gasteiger partial charge in [0.05, 0.1) is 11.4 Å². The Morgan fingerprint density at radius 3 is 2.50 bits per heavy atom. The van der Waals surface area contributed by atoms with Gasteiger partial charge in [0.15, 0.2) is 0 Å². The second kappa shape index (κ2) is 5.84. The Labute approximate surface area is 123 Å². The molecule has 0 saturated heterocycles. The molecule has 0 bridgehead atoms. The number of aryl methyl sites for hydroxylation is 1. The first kappa shape index (κ1) is 14.2. The summed E-state index contributed by atoms with van der Waals surface area (Å²) >= 11 is 5.93. The highest BCUT2D eigenvalue weighted by atomic mass is 35.5. The highest BCUT2D eigenvalue weighted by Gasteiger charge is 2.14. The summed E-state index contributed by atoms with van der Waals surface area (Å²) in [5.74, 6) is 0. The summed E-state index contributed by atoms with van der Waals surface area (Å²) < 4.78 is 0. The number of halogens is 1. The monoisotopic (exact) mass is 289 g/mol. The van der Waals surface area contributed by atoms with E-state index in [1.54, 1.807) is 25.2 Å². The Kier molecular flexibility index (Phi) is 4.15. The smallest absolute Gasteiger partial charge is 0.326 e. The molecule has 0 atom stereocenters. The van der Waals surface area contributed by atoms with Gasteiger partial charge in [0.2, 0.25) is 0 Å². The van der Waals surface area contributed by atoms with Crippen LogP contribution in [0.5, 0.6) is 0 Å². The maximum Gasteiger partial charge on any atom is 0.326 e. The summed E-state index contributed by atoms with van der Waals surface area (Å²) in [6.45, 7) is 1.99. The summed E-state index contributed by atoms with van der Waals surface area (Å²) in [6.07, 6.45) is 0. The molecule has 0 saturated carbocycles. The van der Waals surface area contributed by atoms with Crippen molar-refractivity contribution in [3.63, 3.8) is 0 Å². The van der Waals surface area contributed by atoms with Crippen molar-refractivity contribution in [2.24, 2.45) is 0 Å². The van der Waals surface area contributed by atoms with Crippen LogP contribution in [0.2, 0.25) is 5.02 Å². The lowest BCUT2D eigenvalue weighted by Gasteiger charge is -2.20. The van der Waals surface area contributed by atoms with Crippen LogP contribution in [0.4, 0.5) is 21.9 Å². The van der Waals surface area contributed by atoms with Crippen LogP contribution in [0.3, 0.4) is 0 Å². The van der Waals surface area contributed by atoms with Crippen LogP contribution in [0.15, 0.2) is 42.5 Å². The third-order valence-electron chi connectivity index (χ3n) is 2.96. The predicted molar refractivity (Wildman–Crippen MR) is 84.5 cm³/mol. The minimum absolute atomic E-state index is 0.275. The number of hydrogen-bond donors (Lipinski definition) is 2. The second-order valence-electron chi connectivity index (χ2n) is 4.56. The molecule has 4 nitrogen and oxygen atoms in total. The molecule has 2 amide bonds. The van der Waals surface area contributed by atoms with E-state index in [0.717, 1.165) is 11.3 Å². The molecule has 0 unspecified atom stereocenters. The molecule has 0 fully saturated rings. The molecule has 0 aliphatic carbocycles. The zero-order valence-electron chi connectivity index (χ0n) is 11.4. The van der Waals surface area contributed by atoms with E-state index < -0.39 is 0 Å². The Morgan fingerprint density at radius 2 is 1.85 bits per heavy atom. The average Bonchev–Trinajstić information content (AvgIpc) is 2.43. The van der Waals surface area contributed by atoms with Gasteiger partial charge in [-0.2, -0.15) is 0 Å². The Morgan fingerprint density at radius 1 is 1.20 bits per heavy atom. The number of benzene rings is 2. The van der Waals surface area contributed by atoms with E-state index >= 15 is 0 Å². The zero-order chi connectivity index (χ0) is 14.7. The molecule has 2 aromatic carbocycles. The average molecular weight is 290 g/mol. The normalized spacial score (nSPS) is 10.2. The number of rotatable bonds is 2. The summed E-state index contributed by atoms with van der Waals surface area (Å²) in [6, 6.07) is 12.3. The molecule has 2 aromatic rings. The van der Waals surface area contributed by atoms with Crippen LogP contribution >= 0.6 is 11.6 Å². The Hall–Kier alpha value is -2.20. The van der Waals surface area contributed by atoms with E-state index in [1.165, 1.54) is 4.90 Å². The SMILES string of the molecule is Cc1ccc(NC(=O)N(C)c2cc(Cl)ccc2N)cc1. The van der Waals surface area contributed by atoms with E-state index in [1.807, 2.05) is 31.2 Å². The third kappa shape index (κ3) is 3.22. The van der Waals surface area contributed by atoms with E-state index in [0.29, 0.717) is 16.4 Å². The highest BCUT2D eigenvalue weighted by Crippen LogP contribution is 2.26. The summed E-state index contributed by atoms with van der Waals surface area (Å²) in [4.78, 5) is 13.6. The number of nitrogens with two attached hydrogens (primary N) is 1. The number of anilines is 3. The number of carbonyl (C=O) groups excluding carboxylic acids is 1. The van der Waals surface area contributed by atoms with Crippen molar-refractivity contribution in [3.05, 3.63) is 53.1 Å². The van der Waals surface area contributed by atoms with Crippen molar-refractivity contribution in [1.29, 1.82) is 0 Å². The number of nitrogens with one attached hydrogen (secondary N) is 1. The number of amides is 2. The number of hydrogen-bond acceptors (Lipinski definition) is 2. The fourth-order valence-electron chi connectivity index (χ4n) is 1.76. The molecule has 0 aliphatic rings. The number of urea groups is 1. The van der Waals surface area contributed by atoms with Crippen LogP contribution in [0.1, 0.15) is 5.56 Å². The van der Waals surface area contributed by atoms with Crippen LogP contribution < -0.4 is 16.0 Å². The van der Waals surface area contributed by atoms with Gasteiger partial charge < -0.3 is 11.1 Å². The van der Waals surface area contributed by atoms with Gasteiger partial charge in [0, 0.05) is 17.8 Å². The van der Waals surface area contributed by atoms with Gasteiger partial charge in [-0.3, -0.25) is 4.90 Å². The predicted octanol–water partition coefficient (Wildman–Crippen LogP) is 3.90. The van der Waals surface area contributed by atoms with E-state index in [2.05, 4.69) is 5.32 Å². The van der Waals surface area contributed by atoms with E-state index in [-0.39, 0.29) is 6.03 Å². The fourth-order valence-corrected chi connectivity index (χ4v) is 1.93. The largest absolute Gasteiger partial charge is 0.397 e. The van der Waals surface area contributed by atoms with Gasteiger partial charge >= 0.3 is 6.03 Å². The molecule has 3 N–H and O–H groups in total. The van der Waals surface area contributed by atoms with Crippen molar-refractivity contribution in [2.45, 2.75) is 6.92 Å². The highest BCUT2D eigenvalue weighted by molar-refractivity contribution is 6.31. The van der Waals surface area contributed by atoms with Gasteiger partial charge in [0.25, 0.3) is 0 Å². The van der Waals surface area contributed by atoms with Gasteiger partial charge in [-0.05, 0) is 37.3 Å². The minimum Gasteiger partial charge on any atom is -0.397 e. The van der Waals surface area contributed by atoms with Crippen LogP contribution in [0, 0.1) is 6.92 Å². The first-order valence-electron chi connectivity index (χ1n) is 6.14. The van der Waals surface area contributed by atoms with Crippen molar-refractivity contribution in [3.8, 4) is 0 Å². The maximum atomic E-state index is 12.2. The number of nitrogen functional groups attached to an aromatic ring is 1. The quantitative estimate of drug-likeness (QED) is 0.824. The topological polar surface area (TPSA) is 58.4 Å².